The van der Waals surface area contributed by atoms with Gasteiger partial charge in [-0.2, -0.15) is 16.9 Å². The van der Waals surface area contributed by atoms with E-state index < -0.39 is 0 Å². The fourth-order valence-electron chi connectivity index (χ4n) is 2.87. The van der Waals surface area contributed by atoms with E-state index in [2.05, 4.69) is 10.4 Å². The van der Waals surface area contributed by atoms with Gasteiger partial charge in [0.15, 0.2) is 0 Å². The molecule has 25 heavy (non-hydrogen) atoms. The molecule has 4 rings (SSSR count). The molecule has 0 saturated heterocycles. The molecule has 0 saturated carbocycles. The molecule has 6 heteroatoms. The number of aromatic nitrogens is 2. The molecule has 126 valence electrons. The lowest BCUT2D eigenvalue weighted by Crippen LogP contribution is -2.16. The number of carbonyl (C=O) groups excluding carboxylic acids is 1. The lowest BCUT2D eigenvalue weighted by atomic mass is 10.2. The Labute approximate surface area is 149 Å². The summed E-state index contributed by atoms with van der Waals surface area (Å²) in [5.41, 5.74) is 4.51. The Bertz CT molecular complexity index is 950. The Kier molecular flexibility index (Phi) is 4.05. The highest BCUT2D eigenvalue weighted by atomic mass is 32.2. The number of nitrogens with zero attached hydrogens (tertiary/aromatic N) is 2. The molecule has 1 aromatic heterocycles. The third kappa shape index (κ3) is 3.05. The zero-order chi connectivity index (χ0) is 17.4. The predicted molar refractivity (Wildman–Crippen MR) is 97.7 cm³/mol. The number of rotatable bonds is 3. The van der Waals surface area contributed by atoms with Gasteiger partial charge >= 0.3 is 0 Å². The second kappa shape index (κ2) is 6.37. The summed E-state index contributed by atoms with van der Waals surface area (Å²) in [4.78, 5) is 12.6. The molecule has 3 aromatic rings. The van der Waals surface area contributed by atoms with Gasteiger partial charge < -0.3 is 5.32 Å². The maximum Gasteiger partial charge on any atom is 0.256 e. The van der Waals surface area contributed by atoms with Crippen LogP contribution in [0.2, 0.25) is 0 Å². The van der Waals surface area contributed by atoms with Crippen LogP contribution in [0.3, 0.4) is 0 Å². The predicted octanol–water partition coefficient (Wildman–Crippen LogP) is 4.32. The van der Waals surface area contributed by atoms with Gasteiger partial charge in [-0.15, -0.1) is 0 Å². The number of thioether (sulfide) groups is 1. The summed E-state index contributed by atoms with van der Waals surface area (Å²) in [7, 11) is 0. The summed E-state index contributed by atoms with van der Waals surface area (Å²) in [5.74, 6) is 1.72. The van der Waals surface area contributed by atoms with Gasteiger partial charge in [0, 0.05) is 22.6 Å². The highest BCUT2D eigenvalue weighted by molar-refractivity contribution is 7.98. The van der Waals surface area contributed by atoms with E-state index in [0.29, 0.717) is 11.4 Å². The molecule has 1 aliphatic heterocycles. The van der Waals surface area contributed by atoms with Crippen LogP contribution in [0, 0.1) is 12.7 Å². The average Bonchev–Trinajstić information content (AvgIpc) is 3.18. The minimum Gasteiger partial charge on any atom is -0.306 e. The lowest BCUT2D eigenvalue weighted by Gasteiger charge is -2.11. The molecular formula is C19H16FN3OS. The minimum absolute atomic E-state index is 0.270. The second-order valence-corrected chi connectivity index (χ2v) is 6.96. The highest BCUT2D eigenvalue weighted by Crippen LogP contribution is 2.36. The molecule has 4 nitrogen and oxygen atoms in total. The third-order valence-corrected chi connectivity index (χ3v) is 5.11. The van der Waals surface area contributed by atoms with Crippen LogP contribution >= 0.6 is 11.8 Å². The quantitative estimate of drug-likeness (QED) is 0.763. The molecule has 2 heterocycles. The standard InChI is InChI=1S/C19H16FN3OS/c1-12-3-2-4-15(9-12)23-18(16-10-25-11-17(16)22-23)21-19(24)13-5-7-14(20)8-6-13/h2-9H,10-11H2,1H3,(H,21,24). The molecular weight excluding hydrogens is 337 g/mol. The number of nitrogens with one attached hydrogen (secondary N) is 1. The molecule has 0 atom stereocenters. The van der Waals surface area contributed by atoms with Crippen molar-refractivity contribution in [2.45, 2.75) is 18.4 Å². The monoisotopic (exact) mass is 353 g/mol. The number of carbonyl (C=O) groups is 1. The first-order chi connectivity index (χ1) is 12.1. The van der Waals surface area contributed by atoms with Crippen molar-refractivity contribution in [2.75, 3.05) is 5.32 Å². The van der Waals surface area contributed by atoms with Gasteiger partial charge in [-0.1, -0.05) is 12.1 Å². The third-order valence-electron chi connectivity index (χ3n) is 4.14. The van der Waals surface area contributed by atoms with Crippen molar-refractivity contribution in [3.63, 3.8) is 0 Å². The summed E-state index contributed by atoms with van der Waals surface area (Å²) >= 11 is 1.78. The largest absolute Gasteiger partial charge is 0.306 e. The van der Waals surface area contributed by atoms with Gasteiger partial charge in [0.05, 0.1) is 11.4 Å². The number of amides is 1. The Hall–Kier alpha value is -2.60. The zero-order valence-corrected chi connectivity index (χ0v) is 14.4. The van der Waals surface area contributed by atoms with Crippen LogP contribution in [0.25, 0.3) is 5.69 Å². The fraction of sp³-hybridized carbons (Fsp3) is 0.158. The normalized spacial score (nSPS) is 12.9. The van der Waals surface area contributed by atoms with Gasteiger partial charge in [-0.05, 0) is 48.9 Å². The van der Waals surface area contributed by atoms with Gasteiger partial charge in [0.1, 0.15) is 11.6 Å². The van der Waals surface area contributed by atoms with Crippen molar-refractivity contribution in [1.29, 1.82) is 0 Å². The Morgan fingerprint density at radius 2 is 2.00 bits per heavy atom. The van der Waals surface area contributed by atoms with Crippen LogP contribution in [0.15, 0.2) is 48.5 Å². The van der Waals surface area contributed by atoms with Crippen molar-refractivity contribution in [1.82, 2.24) is 9.78 Å². The number of benzene rings is 2. The maximum absolute atomic E-state index is 13.1. The van der Waals surface area contributed by atoms with Gasteiger partial charge in [-0.25, -0.2) is 9.07 Å². The first-order valence-electron chi connectivity index (χ1n) is 7.94. The van der Waals surface area contributed by atoms with Gasteiger partial charge in [0.25, 0.3) is 5.91 Å². The summed E-state index contributed by atoms with van der Waals surface area (Å²) in [6.45, 7) is 2.02. The Balaban J connectivity index is 1.73. The molecule has 0 spiro atoms. The number of anilines is 1. The minimum atomic E-state index is -0.362. The van der Waals surface area contributed by atoms with Crippen LogP contribution in [0.4, 0.5) is 10.2 Å². The topological polar surface area (TPSA) is 46.9 Å². The molecule has 0 fully saturated rings. The van der Waals surface area contributed by atoms with E-state index in [0.717, 1.165) is 34.0 Å². The number of hydrogen-bond donors (Lipinski definition) is 1. The van der Waals surface area contributed by atoms with E-state index in [1.807, 2.05) is 31.2 Å². The van der Waals surface area contributed by atoms with Crippen LogP contribution in [0.1, 0.15) is 27.2 Å². The molecule has 0 radical (unpaired) electrons. The zero-order valence-electron chi connectivity index (χ0n) is 13.6. The lowest BCUT2D eigenvalue weighted by molar-refractivity contribution is 0.102. The molecule has 0 aliphatic carbocycles. The number of aryl methyl sites for hydroxylation is 1. The van der Waals surface area contributed by atoms with E-state index in [9.17, 15) is 9.18 Å². The first-order valence-corrected chi connectivity index (χ1v) is 9.10. The Morgan fingerprint density at radius 1 is 1.20 bits per heavy atom. The van der Waals surface area contributed by atoms with E-state index in [1.54, 1.807) is 16.4 Å². The Morgan fingerprint density at radius 3 is 2.76 bits per heavy atom. The molecule has 2 aromatic carbocycles. The summed E-state index contributed by atoms with van der Waals surface area (Å²) < 4.78 is 14.9. The van der Waals surface area contributed by atoms with Gasteiger partial charge in [-0.3, -0.25) is 4.79 Å². The SMILES string of the molecule is Cc1cccc(-n2nc3c(c2NC(=O)c2ccc(F)cc2)CSC3)c1. The number of hydrogen-bond acceptors (Lipinski definition) is 3. The second-order valence-electron chi connectivity index (χ2n) is 5.98. The van der Waals surface area contributed by atoms with Crippen LogP contribution < -0.4 is 5.32 Å². The van der Waals surface area contributed by atoms with E-state index >= 15 is 0 Å². The van der Waals surface area contributed by atoms with Crippen molar-refractivity contribution in [2.24, 2.45) is 0 Å². The molecule has 0 bridgehead atoms. The molecule has 1 amide bonds. The van der Waals surface area contributed by atoms with E-state index in [1.165, 1.54) is 24.3 Å². The molecule has 0 unspecified atom stereocenters. The summed E-state index contributed by atoms with van der Waals surface area (Å²) in [6, 6.07) is 13.5. The first kappa shape index (κ1) is 15.9. The highest BCUT2D eigenvalue weighted by Gasteiger charge is 2.25. The van der Waals surface area contributed by atoms with Gasteiger partial charge in [0.2, 0.25) is 0 Å². The summed E-state index contributed by atoms with van der Waals surface area (Å²) in [6.07, 6.45) is 0. The average molecular weight is 353 g/mol. The summed E-state index contributed by atoms with van der Waals surface area (Å²) in [5, 5.41) is 7.65. The fourth-order valence-corrected chi connectivity index (χ4v) is 3.90. The van der Waals surface area contributed by atoms with Crippen LogP contribution in [-0.4, -0.2) is 15.7 Å². The maximum atomic E-state index is 13.1. The van der Waals surface area contributed by atoms with E-state index in [-0.39, 0.29) is 11.7 Å². The molecule has 1 N–H and O–H groups in total. The van der Waals surface area contributed by atoms with Crippen molar-refractivity contribution in [3.05, 3.63) is 76.7 Å². The van der Waals surface area contributed by atoms with Crippen molar-refractivity contribution >= 4 is 23.5 Å². The van der Waals surface area contributed by atoms with Crippen LogP contribution in [-0.2, 0) is 11.5 Å². The van der Waals surface area contributed by atoms with Crippen molar-refractivity contribution < 1.29 is 9.18 Å². The number of fused-ring (bicyclic) bond motifs is 1. The van der Waals surface area contributed by atoms with E-state index in [4.69, 9.17) is 0 Å². The van der Waals surface area contributed by atoms with Crippen molar-refractivity contribution in [3.8, 4) is 5.69 Å². The number of halogens is 1. The van der Waals surface area contributed by atoms with Crippen LogP contribution in [0.5, 0.6) is 0 Å². The smallest absolute Gasteiger partial charge is 0.256 e. The molecule has 1 aliphatic rings.